The number of benzene rings is 3. The number of halogens is 2. The molecular weight excluding hydrogens is 322 g/mol. The van der Waals surface area contributed by atoms with Crippen LogP contribution in [-0.2, 0) is 0 Å². The normalized spacial score (nSPS) is 10.8. The number of ether oxygens (including phenoxy) is 1. The Bertz CT molecular complexity index is 901. The van der Waals surface area contributed by atoms with Gasteiger partial charge in [0.1, 0.15) is 23.1 Å². The predicted octanol–water partition coefficient (Wildman–Crippen LogP) is 5.65. The Hall–Kier alpha value is -3.27. The Kier molecular flexibility index (Phi) is 5.00. The molecule has 0 amide bonds. The maximum Gasteiger partial charge on any atom is 0.185 e. The van der Waals surface area contributed by atoms with Crippen molar-refractivity contribution in [1.82, 2.24) is 0 Å². The maximum atomic E-state index is 14.2. The van der Waals surface area contributed by atoms with E-state index in [4.69, 9.17) is 4.74 Å². The van der Waals surface area contributed by atoms with Crippen LogP contribution in [0.15, 0.2) is 78.9 Å². The number of allylic oxidation sites excluding steroid dienone is 1. The Balaban J connectivity index is 1.72. The van der Waals surface area contributed by atoms with Gasteiger partial charge in [-0.2, -0.15) is 0 Å². The molecular formula is C21H14F2O2. The van der Waals surface area contributed by atoms with E-state index in [9.17, 15) is 13.6 Å². The van der Waals surface area contributed by atoms with Gasteiger partial charge in [-0.15, -0.1) is 0 Å². The summed E-state index contributed by atoms with van der Waals surface area (Å²) in [4.78, 5) is 12.0. The van der Waals surface area contributed by atoms with E-state index in [0.29, 0.717) is 17.1 Å². The lowest BCUT2D eigenvalue weighted by Crippen LogP contribution is -1.94. The standard InChI is InChI=1S/C21H14F2O2/c22-17-10-6-16(7-11-17)21(24)13-9-15-8-12-19(14-20(15)23)25-18-4-2-1-3-5-18/h1-14H. The number of rotatable bonds is 5. The molecule has 0 spiro atoms. The molecule has 0 radical (unpaired) electrons. The smallest absolute Gasteiger partial charge is 0.185 e. The summed E-state index contributed by atoms with van der Waals surface area (Å²) < 4.78 is 32.6. The minimum absolute atomic E-state index is 0.260. The van der Waals surface area contributed by atoms with Crippen LogP contribution in [0, 0.1) is 11.6 Å². The highest BCUT2D eigenvalue weighted by Gasteiger charge is 2.05. The van der Waals surface area contributed by atoms with Gasteiger partial charge in [-0.25, -0.2) is 8.78 Å². The average Bonchev–Trinajstić information content (AvgIpc) is 2.62. The van der Waals surface area contributed by atoms with Gasteiger partial charge in [0.05, 0.1) is 0 Å². The van der Waals surface area contributed by atoms with E-state index in [1.165, 1.54) is 48.6 Å². The van der Waals surface area contributed by atoms with Gasteiger partial charge in [0.25, 0.3) is 0 Å². The molecule has 3 rings (SSSR count). The number of carbonyl (C=O) groups is 1. The third kappa shape index (κ3) is 4.38. The monoisotopic (exact) mass is 336 g/mol. The summed E-state index contributed by atoms with van der Waals surface area (Å²) in [6, 6.07) is 18.6. The second kappa shape index (κ2) is 7.53. The fourth-order valence-corrected chi connectivity index (χ4v) is 2.21. The van der Waals surface area contributed by atoms with Crippen LogP contribution >= 0.6 is 0 Å². The van der Waals surface area contributed by atoms with Crippen LogP contribution in [0.25, 0.3) is 6.08 Å². The summed E-state index contributed by atoms with van der Waals surface area (Å²) in [6.45, 7) is 0. The molecule has 0 aliphatic rings. The number of carbonyl (C=O) groups excluding carboxylic acids is 1. The Labute approximate surface area is 144 Å². The van der Waals surface area contributed by atoms with Gasteiger partial charge in [0.2, 0.25) is 0 Å². The fourth-order valence-electron chi connectivity index (χ4n) is 2.21. The van der Waals surface area contributed by atoms with Crippen LogP contribution in [0.3, 0.4) is 0 Å². The van der Waals surface area contributed by atoms with Crippen molar-refractivity contribution in [1.29, 1.82) is 0 Å². The molecule has 0 fully saturated rings. The van der Waals surface area contributed by atoms with Gasteiger partial charge >= 0.3 is 0 Å². The molecule has 0 atom stereocenters. The number of hydrogen-bond acceptors (Lipinski definition) is 2. The number of hydrogen-bond donors (Lipinski definition) is 0. The molecule has 0 aliphatic carbocycles. The third-order valence-electron chi connectivity index (χ3n) is 3.49. The summed E-state index contributed by atoms with van der Waals surface area (Å²) in [5.74, 6) is -0.274. The Morgan fingerprint density at radius 2 is 1.56 bits per heavy atom. The van der Waals surface area contributed by atoms with Crippen LogP contribution in [0.5, 0.6) is 11.5 Å². The predicted molar refractivity (Wildman–Crippen MR) is 92.7 cm³/mol. The van der Waals surface area contributed by atoms with Gasteiger partial charge in [-0.3, -0.25) is 4.79 Å². The van der Waals surface area contributed by atoms with E-state index in [1.54, 1.807) is 18.2 Å². The minimum atomic E-state index is -0.503. The lowest BCUT2D eigenvalue weighted by atomic mass is 10.1. The van der Waals surface area contributed by atoms with E-state index >= 15 is 0 Å². The summed E-state index contributed by atoms with van der Waals surface area (Å²) in [5, 5.41) is 0. The molecule has 3 aromatic rings. The molecule has 3 aromatic carbocycles. The second-order valence-electron chi connectivity index (χ2n) is 5.30. The maximum absolute atomic E-state index is 14.2. The molecule has 0 aliphatic heterocycles. The molecule has 0 saturated carbocycles. The van der Waals surface area contributed by atoms with Gasteiger partial charge in [0, 0.05) is 17.2 Å². The van der Waals surface area contributed by atoms with Gasteiger partial charge in [0.15, 0.2) is 5.78 Å². The van der Waals surface area contributed by atoms with Crippen LogP contribution in [-0.4, -0.2) is 5.78 Å². The van der Waals surface area contributed by atoms with Gasteiger partial charge < -0.3 is 4.74 Å². The highest BCUT2D eigenvalue weighted by molar-refractivity contribution is 6.06. The molecule has 25 heavy (non-hydrogen) atoms. The molecule has 0 heterocycles. The first kappa shape index (κ1) is 16.6. The molecule has 0 unspecified atom stereocenters. The zero-order valence-corrected chi connectivity index (χ0v) is 13.2. The number of ketones is 1. The first-order valence-corrected chi connectivity index (χ1v) is 7.62. The van der Waals surface area contributed by atoms with Gasteiger partial charge in [-0.1, -0.05) is 18.2 Å². The first-order valence-electron chi connectivity index (χ1n) is 7.62. The van der Waals surface area contributed by atoms with E-state index < -0.39 is 11.6 Å². The summed E-state index contributed by atoms with van der Waals surface area (Å²) in [6.07, 6.45) is 2.64. The van der Waals surface area contributed by atoms with E-state index in [-0.39, 0.29) is 11.3 Å². The zero-order chi connectivity index (χ0) is 17.6. The van der Waals surface area contributed by atoms with E-state index in [0.717, 1.165) is 0 Å². The molecule has 124 valence electrons. The summed E-state index contributed by atoms with van der Waals surface area (Å²) in [7, 11) is 0. The third-order valence-corrected chi connectivity index (χ3v) is 3.49. The van der Waals surface area contributed by atoms with Crippen molar-refractivity contribution in [3.05, 3.63) is 102 Å². The highest BCUT2D eigenvalue weighted by atomic mass is 19.1. The molecule has 4 heteroatoms. The minimum Gasteiger partial charge on any atom is -0.457 e. The SMILES string of the molecule is O=C(C=Cc1ccc(Oc2ccccc2)cc1F)c1ccc(F)cc1. The Morgan fingerprint density at radius 1 is 0.840 bits per heavy atom. The topological polar surface area (TPSA) is 26.3 Å². The largest absolute Gasteiger partial charge is 0.457 e. The quantitative estimate of drug-likeness (QED) is 0.444. The highest BCUT2D eigenvalue weighted by Crippen LogP contribution is 2.23. The van der Waals surface area contributed by atoms with Crippen molar-refractivity contribution in [3.8, 4) is 11.5 Å². The number of para-hydroxylation sites is 1. The average molecular weight is 336 g/mol. The zero-order valence-electron chi connectivity index (χ0n) is 13.2. The van der Waals surface area contributed by atoms with E-state index in [2.05, 4.69) is 0 Å². The summed E-state index contributed by atoms with van der Waals surface area (Å²) in [5.41, 5.74) is 0.595. The molecule has 0 bridgehead atoms. The molecule has 0 saturated heterocycles. The first-order chi connectivity index (χ1) is 12.1. The lowest BCUT2D eigenvalue weighted by Gasteiger charge is -2.06. The Morgan fingerprint density at radius 3 is 2.24 bits per heavy atom. The van der Waals surface area contributed by atoms with Crippen LogP contribution in [0.1, 0.15) is 15.9 Å². The van der Waals surface area contributed by atoms with E-state index in [1.807, 2.05) is 18.2 Å². The van der Waals surface area contributed by atoms with Crippen LogP contribution in [0.2, 0.25) is 0 Å². The molecule has 2 nitrogen and oxygen atoms in total. The fraction of sp³-hybridized carbons (Fsp3) is 0. The summed E-state index contributed by atoms with van der Waals surface area (Å²) >= 11 is 0. The van der Waals surface area contributed by atoms with Gasteiger partial charge in [-0.05, 0) is 60.7 Å². The molecule has 0 aromatic heterocycles. The van der Waals surface area contributed by atoms with Crippen LogP contribution in [0.4, 0.5) is 8.78 Å². The van der Waals surface area contributed by atoms with Crippen molar-refractivity contribution in [2.24, 2.45) is 0 Å². The van der Waals surface area contributed by atoms with Crippen molar-refractivity contribution >= 4 is 11.9 Å². The lowest BCUT2D eigenvalue weighted by molar-refractivity contribution is 0.104. The van der Waals surface area contributed by atoms with Crippen molar-refractivity contribution < 1.29 is 18.3 Å². The molecule has 0 N–H and O–H groups in total. The van der Waals surface area contributed by atoms with Crippen molar-refractivity contribution in [2.75, 3.05) is 0 Å². The van der Waals surface area contributed by atoms with Crippen LogP contribution < -0.4 is 4.74 Å². The second-order valence-corrected chi connectivity index (χ2v) is 5.30. The van der Waals surface area contributed by atoms with Crippen molar-refractivity contribution in [2.45, 2.75) is 0 Å². The van der Waals surface area contributed by atoms with Crippen molar-refractivity contribution in [3.63, 3.8) is 0 Å².